The number of aliphatic imine (C=N–C) groups is 1. The molecule has 4 heteroatoms. The molecule has 0 saturated heterocycles. The van der Waals surface area contributed by atoms with Crippen molar-refractivity contribution in [2.75, 3.05) is 5.32 Å². The van der Waals surface area contributed by atoms with Crippen molar-refractivity contribution in [2.24, 2.45) is 4.99 Å². The average Bonchev–Trinajstić information content (AvgIpc) is 3.58. The Labute approximate surface area is 210 Å². The summed E-state index contributed by atoms with van der Waals surface area (Å²) in [4.78, 5) is 5.20. The molecule has 0 radical (unpaired) electrons. The van der Waals surface area contributed by atoms with E-state index in [9.17, 15) is 0 Å². The Morgan fingerprint density at radius 1 is 0.722 bits per heavy atom. The average molecular weight is 478 g/mol. The van der Waals surface area contributed by atoms with Gasteiger partial charge in [-0.3, -0.25) is 4.40 Å². The summed E-state index contributed by atoms with van der Waals surface area (Å²) in [5.41, 5.74) is 7.05. The molecule has 1 aliphatic heterocycles. The third-order valence-corrected chi connectivity index (χ3v) is 8.87. The van der Waals surface area contributed by atoms with Crippen molar-refractivity contribution < 1.29 is 0 Å². The summed E-state index contributed by atoms with van der Waals surface area (Å²) >= 11 is 1.88. The molecule has 3 aromatic heterocycles. The first-order valence-electron chi connectivity index (χ1n) is 12.3. The van der Waals surface area contributed by atoms with Gasteiger partial charge in [-0.05, 0) is 41.5 Å². The van der Waals surface area contributed by atoms with Gasteiger partial charge in [0.25, 0.3) is 0 Å². The predicted molar refractivity (Wildman–Crippen MR) is 155 cm³/mol. The van der Waals surface area contributed by atoms with E-state index in [1.807, 2.05) is 11.3 Å². The second-order valence-corrected chi connectivity index (χ2v) is 10.7. The van der Waals surface area contributed by atoms with E-state index in [1.165, 1.54) is 58.5 Å². The van der Waals surface area contributed by atoms with Crippen molar-refractivity contribution in [1.29, 1.82) is 0 Å². The second kappa shape index (κ2) is 6.62. The molecule has 4 aromatic carbocycles. The van der Waals surface area contributed by atoms with E-state index in [2.05, 4.69) is 113 Å². The van der Waals surface area contributed by atoms with Crippen molar-refractivity contribution in [2.45, 2.75) is 6.04 Å². The highest BCUT2D eigenvalue weighted by Crippen LogP contribution is 2.49. The lowest BCUT2D eigenvalue weighted by Gasteiger charge is -2.25. The SMILES string of the molecule is C1=CC2=Nc3c(n4c5ccc6sc7ccccc7c6c5c5cccc3c54)NC2C=C1c1ccccc1. The number of nitrogens with one attached hydrogen (secondary N) is 1. The Hall–Kier alpha value is -4.41. The van der Waals surface area contributed by atoms with Crippen molar-refractivity contribution in [3.8, 4) is 0 Å². The molecular weight excluding hydrogens is 458 g/mol. The first-order chi connectivity index (χ1) is 17.8. The standard InChI is InChI=1S/C32H19N3S/c1-2-7-18(8-3-1)19-13-14-23-24(17-19)34-32-30(33-23)22-11-6-10-21-28-25(35(32)31(21)22)15-16-27-29(28)20-9-4-5-12-26(20)36-27/h1-17,24,34H. The van der Waals surface area contributed by atoms with Gasteiger partial charge < -0.3 is 5.32 Å². The molecule has 7 aromatic rings. The number of allylic oxidation sites excluding steroid dienone is 2. The summed E-state index contributed by atoms with van der Waals surface area (Å²) in [7, 11) is 0. The summed E-state index contributed by atoms with van der Waals surface area (Å²) in [5.74, 6) is 1.09. The zero-order valence-electron chi connectivity index (χ0n) is 19.2. The molecule has 0 bridgehead atoms. The van der Waals surface area contributed by atoms with E-state index < -0.39 is 0 Å². The van der Waals surface area contributed by atoms with Crippen LogP contribution >= 0.6 is 11.3 Å². The Kier molecular flexibility index (Phi) is 3.47. The molecule has 4 heterocycles. The Morgan fingerprint density at radius 2 is 1.56 bits per heavy atom. The molecule has 0 saturated carbocycles. The molecule has 3 nitrogen and oxygen atoms in total. The number of hydrogen-bond donors (Lipinski definition) is 1. The minimum absolute atomic E-state index is 0.0384. The first kappa shape index (κ1) is 18.9. The summed E-state index contributed by atoms with van der Waals surface area (Å²) in [6.07, 6.45) is 6.65. The van der Waals surface area contributed by atoms with Gasteiger partial charge in [-0.25, -0.2) is 4.99 Å². The molecule has 1 N–H and O–H groups in total. The van der Waals surface area contributed by atoms with Gasteiger partial charge in [-0.1, -0.05) is 72.8 Å². The summed E-state index contributed by atoms with van der Waals surface area (Å²) in [6, 6.07) is 30.6. The third-order valence-electron chi connectivity index (χ3n) is 7.73. The van der Waals surface area contributed by atoms with Crippen LogP contribution < -0.4 is 5.32 Å². The van der Waals surface area contributed by atoms with E-state index in [0.717, 1.165) is 17.2 Å². The minimum atomic E-state index is 0.0384. The van der Waals surface area contributed by atoms with Crippen molar-refractivity contribution in [3.05, 3.63) is 109 Å². The molecule has 9 rings (SSSR count). The largest absolute Gasteiger partial charge is 0.357 e. The lowest BCUT2D eigenvalue weighted by atomic mass is 9.94. The van der Waals surface area contributed by atoms with Crippen molar-refractivity contribution in [3.63, 3.8) is 0 Å². The molecule has 168 valence electrons. The molecule has 0 amide bonds. The monoisotopic (exact) mass is 477 g/mol. The maximum atomic E-state index is 5.20. The van der Waals surface area contributed by atoms with E-state index >= 15 is 0 Å². The van der Waals surface area contributed by atoms with Crippen LogP contribution in [0.4, 0.5) is 11.5 Å². The number of benzene rings is 4. The molecular formula is C32H19N3S. The quantitative estimate of drug-likeness (QED) is 0.252. The van der Waals surface area contributed by atoms with Crippen LogP contribution in [-0.2, 0) is 0 Å². The number of rotatable bonds is 1. The lowest BCUT2D eigenvalue weighted by molar-refractivity contribution is 1.09. The van der Waals surface area contributed by atoms with Gasteiger partial charge in [0.15, 0.2) is 0 Å². The van der Waals surface area contributed by atoms with Crippen LogP contribution in [0.2, 0.25) is 0 Å². The number of anilines is 1. The van der Waals surface area contributed by atoms with E-state index in [4.69, 9.17) is 4.99 Å². The summed E-state index contributed by atoms with van der Waals surface area (Å²) < 4.78 is 5.09. The van der Waals surface area contributed by atoms with Crippen LogP contribution in [0.15, 0.2) is 108 Å². The number of hydrogen-bond acceptors (Lipinski definition) is 3. The molecule has 1 atom stereocenters. The Balaban J connectivity index is 1.35. The van der Waals surface area contributed by atoms with Gasteiger partial charge >= 0.3 is 0 Å². The summed E-state index contributed by atoms with van der Waals surface area (Å²) in [6.45, 7) is 0. The number of nitrogens with zero attached hydrogens (tertiary/aromatic N) is 2. The van der Waals surface area contributed by atoms with Crippen LogP contribution in [0.1, 0.15) is 5.56 Å². The Morgan fingerprint density at radius 3 is 2.50 bits per heavy atom. The van der Waals surface area contributed by atoms with E-state index in [0.29, 0.717) is 0 Å². The molecule has 1 aliphatic carbocycles. The maximum absolute atomic E-state index is 5.20. The van der Waals surface area contributed by atoms with Gasteiger partial charge in [0.1, 0.15) is 11.5 Å². The van der Waals surface area contributed by atoms with Crippen molar-refractivity contribution in [1.82, 2.24) is 4.40 Å². The fourth-order valence-electron chi connectivity index (χ4n) is 6.20. The van der Waals surface area contributed by atoms with Gasteiger partial charge in [-0.15, -0.1) is 11.3 Å². The Bertz CT molecular complexity index is 2120. The van der Waals surface area contributed by atoms with Gasteiger partial charge in [-0.2, -0.15) is 0 Å². The van der Waals surface area contributed by atoms with Crippen molar-refractivity contribution >= 4 is 81.5 Å². The smallest absolute Gasteiger partial charge is 0.138 e. The van der Waals surface area contributed by atoms with E-state index in [-0.39, 0.29) is 6.04 Å². The number of aromatic nitrogens is 1. The van der Waals surface area contributed by atoms with Crippen LogP contribution in [0.25, 0.3) is 52.9 Å². The predicted octanol–water partition coefficient (Wildman–Crippen LogP) is 8.57. The first-order valence-corrected chi connectivity index (χ1v) is 13.1. The van der Waals surface area contributed by atoms with Crippen LogP contribution in [0.5, 0.6) is 0 Å². The fourth-order valence-corrected chi connectivity index (χ4v) is 7.31. The second-order valence-electron chi connectivity index (χ2n) is 9.65. The molecule has 2 aliphatic rings. The van der Waals surface area contributed by atoms with Crippen LogP contribution in [0, 0.1) is 0 Å². The summed E-state index contributed by atoms with van der Waals surface area (Å²) in [5, 5.41) is 10.4. The molecule has 1 unspecified atom stereocenters. The number of para-hydroxylation sites is 1. The highest BCUT2D eigenvalue weighted by molar-refractivity contribution is 7.26. The molecule has 0 spiro atoms. The fraction of sp³-hybridized carbons (Fsp3) is 0.0312. The zero-order valence-corrected chi connectivity index (χ0v) is 20.0. The zero-order chi connectivity index (χ0) is 23.4. The van der Waals surface area contributed by atoms with Gasteiger partial charge in [0.2, 0.25) is 0 Å². The lowest BCUT2D eigenvalue weighted by Crippen LogP contribution is -2.31. The molecule has 36 heavy (non-hydrogen) atoms. The third kappa shape index (κ3) is 2.30. The highest BCUT2D eigenvalue weighted by atomic mass is 32.1. The topological polar surface area (TPSA) is 28.8 Å². The highest BCUT2D eigenvalue weighted by Gasteiger charge is 2.29. The normalized spacial score (nSPS) is 17.1. The van der Waals surface area contributed by atoms with Gasteiger partial charge in [0.05, 0.1) is 22.8 Å². The number of fused-ring (bicyclic) bond motifs is 11. The van der Waals surface area contributed by atoms with E-state index in [1.54, 1.807) is 0 Å². The number of thiophene rings is 1. The van der Waals surface area contributed by atoms with Crippen LogP contribution in [-0.4, -0.2) is 16.2 Å². The minimum Gasteiger partial charge on any atom is -0.357 e. The van der Waals surface area contributed by atoms with Crippen LogP contribution in [0.3, 0.4) is 0 Å². The van der Waals surface area contributed by atoms with Gasteiger partial charge in [0, 0.05) is 36.3 Å². The maximum Gasteiger partial charge on any atom is 0.138 e. The molecule has 0 fully saturated rings.